The normalized spacial score (nSPS) is 25.5. The second-order valence-corrected chi connectivity index (χ2v) is 10.5. The molecule has 2 aromatic rings. The van der Waals surface area contributed by atoms with Crippen molar-refractivity contribution < 1.29 is 18.8 Å². The molecule has 31 heavy (non-hydrogen) atoms. The number of imide groups is 1. The fraction of sp³-hybridized carbons (Fsp3) is 0.318. The first kappa shape index (κ1) is 22.4. The van der Waals surface area contributed by atoms with Crippen LogP contribution in [0.2, 0.25) is 5.02 Å². The molecule has 4 rings (SSSR count). The maximum Gasteiger partial charge on any atom is 0.273 e. The van der Waals surface area contributed by atoms with Crippen molar-refractivity contribution in [3.8, 4) is 0 Å². The van der Waals surface area contributed by atoms with Gasteiger partial charge in [0.25, 0.3) is 17.7 Å². The van der Waals surface area contributed by atoms with Crippen LogP contribution in [0.1, 0.15) is 28.8 Å². The lowest BCUT2D eigenvalue weighted by molar-refractivity contribution is -0.155. The Labute approximate surface area is 200 Å². The zero-order chi connectivity index (χ0) is 22.3. The summed E-state index contributed by atoms with van der Waals surface area (Å²) >= 11 is 13.0. The van der Waals surface area contributed by atoms with Crippen LogP contribution < -0.4 is 0 Å². The van der Waals surface area contributed by atoms with Crippen molar-refractivity contribution in [1.82, 2.24) is 10.0 Å². The van der Waals surface area contributed by atoms with Crippen molar-refractivity contribution >= 4 is 61.2 Å². The van der Waals surface area contributed by atoms with Crippen LogP contribution in [0.3, 0.4) is 0 Å². The van der Waals surface area contributed by atoms with E-state index in [0.717, 1.165) is 10.0 Å². The number of hydrogen-bond acceptors (Lipinski definition) is 3. The molecule has 0 bridgehead atoms. The van der Waals surface area contributed by atoms with Crippen LogP contribution in [-0.2, 0) is 16.1 Å². The summed E-state index contributed by atoms with van der Waals surface area (Å²) in [6, 6.07) is 12.1. The van der Waals surface area contributed by atoms with E-state index in [1.54, 1.807) is 18.2 Å². The van der Waals surface area contributed by atoms with Gasteiger partial charge in [0.1, 0.15) is 5.82 Å². The number of halogens is 4. The topological polar surface area (TPSA) is 57.7 Å². The van der Waals surface area contributed by atoms with E-state index in [2.05, 4.69) is 31.9 Å². The minimum atomic E-state index is -0.578. The number of carbonyl (C=O) groups is 3. The predicted molar refractivity (Wildman–Crippen MR) is 121 cm³/mol. The van der Waals surface area contributed by atoms with E-state index in [-0.39, 0.29) is 27.3 Å². The third-order valence-corrected chi connectivity index (χ3v) is 8.72. The van der Waals surface area contributed by atoms with Crippen LogP contribution >= 0.6 is 43.5 Å². The van der Waals surface area contributed by atoms with Gasteiger partial charge in [0.15, 0.2) is 0 Å². The molecule has 0 radical (unpaired) electrons. The minimum absolute atomic E-state index is 0.0393. The number of rotatable bonds is 4. The molecule has 2 fully saturated rings. The predicted octanol–water partition coefficient (Wildman–Crippen LogP) is 4.96. The van der Waals surface area contributed by atoms with Crippen LogP contribution in [0, 0.1) is 17.7 Å². The van der Waals surface area contributed by atoms with Crippen LogP contribution in [0.15, 0.2) is 48.5 Å². The molecule has 4 atom stereocenters. The molecule has 9 heteroatoms. The third-order valence-electron chi connectivity index (χ3n) is 5.73. The van der Waals surface area contributed by atoms with Crippen LogP contribution in [0.5, 0.6) is 0 Å². The SMILES string of the molecule is O=C(c1ccc(Cl)cc1)N(Cc1ccccc1F)N1C(=O)[C@H]2C[C@H](Br)[C@@H](Br)C[C@H]2C1=O. The van der Waals surface area contributed by atoms with Gasteiger partial charge in [-0.25, -0.2) is 9.40 Å². The van der Waals surface area contributed by atoms with Gasteiger partial charge in [-0.05, 0) is 43.2 Å². The molecule has 3 amide bonds. The average Bonchev–Trinajstić information content (AvgIpc) is 2.98. The lowest BCUT2D eigenvalue weighted by Gasteiger charge is -2.30. The molecule has 0 unspecified atom stereocenters. The molecule has 0 spiro atoms. The van der Waals surface area contributed by atoms with Gasteiger partial charge in [-0.2, -0.15) is 5.01 Å². The van der Waals surface area contributed by atoms with Gasteiger partial charge in [0.05, 0.1) is 18.4 Å². The van der Waals surface area contributed by atoms with E-state index in [0.29, 0.717) is 17.9 Å². The molecule has 1 aliphatic carbocycles. The van der Waals surface area contributed by atoms with E-state index < -0.39 is 35.4 Å². The average molecular weight is 573 g/mol. The summed E-state index contributed by atoms with van der Waals surface area (Å²) in [5.41, 5.74) is 0.449. The van der Waals surface area contributed by atoms with Gasteiger partial charge in [0.2, 0.25) is 0 Å². The maximum absolute atomic E-state index is 14.4. The summed E-state index contributed by atoms with van der Waals surface area (Å²) in [5.74, 6) is -3.01. The monoisotopic (exact) mass is 570 g/mol. The van der Waals surface area contributed by atoms with Crippen molar-refractivity contribution in [2.45, 2.75) is 29.0 Å². The van der Waals surface area contributed by atoms with Crippen LogP contribution in [-0.4, -0.2) is 37.4 Å². The van der Waals surface area contributed by atoms with Crippen molar-refractivity contribution in [3.05, 3.63) is 70.5 Å². The van der Waals surface area contributed by atoms with Gasteiger partial charge in [-0.1, -0.05) is 61.7 Å². The number of hydrazine groups is 1. The number of amides is 3. The van der Waals surface area contributed by atoms with Crippen LogP contribution in [0.4, 0.5) is 4.39 Å². The maximum atomic E-state index is 14.4. The molecule has 2 aromatic carbocycles. The smallest absolute Gasteiger partial charge is 0.272 e. The van der Waals surface area contributed by atoms with Crippen LogP contribution in [0.25, 0.3) is 0 Å². The number of nitrogens with zero attached hydrogens (tertiary/aromatic N) is 2. The van der Waals surface area contributed by atoms with Gasteiger partial charge in [-0.3, -0.25) is 14.4 Å². The summed E-state index contributed by atoms with van der Waals surface area (Å²) in [5, 5.41) is 2.42. The van der Waals surface area contributed by atoms with Crippen molar-refractivity contribution in [2.24, 2.45) is 11.8 Å². The molecule has 2 aliphatic rings. The standard InChI is InChI=1S/C22H18Br2ClFN2O3/c23-17-9-15-16(10-18(17)24)22(31)28(21(15)30)27(11-13-3-1-2-4-19(13)26)20(29)12-5-7-14(25)8-6-12/h1-8,15-18H,9-11H2/t15-,16+,17-,18-/m0/s1. The van der Waals surface area contributed by atoms with E-state index >= 15 is 0 Å². The Kier molecular flexibility index (Phi) is 6.51. The highest BCUT2D eigenvalue weighted by Crippen LogP contribution is 2.44. The summed E-state index contributed by atoms with van der Waals surface area (Å²) in [6.45, 7) is -0.249. The third kappa shape index (κ3) is 4.30. The lowest BCUT2D eigenvalue weighted by Crippen LogP contribution is -2.50. The second kappa shape index (κ2) is 9.00. The summed E-state index contributed by atoms with van der Waals surface area (Å²) < 4.78 is 14.4. The second-order valence-electron chi connectivity index (χ2n) is 7.67. The van der Waals surface area contributed by atoms with Crippen molar-refractivity contribution in [1.29, 1.82) is 0 Å². The Hall–Kier alpha value is -1.77. The summed E-state index contributed by atoms with van der Waals surface area (Å²) in [6.07, 6.45) is 0.953. The van der Waals surface area contributed by atoms with E-state index in [9.17, 15) is 18.8 Å². The first-order valence-electron chi connectivity index (χ1n) is 9.74. The zero-order valence-electron chi connectivity index (χ0n) is 16.2. The summed E-state index contributed by atoms with van der Waals surface area (Å²) in [7, 11) is 0. The first-order chi connectivity index (χ1) is 14.8. The number of fused-ring (bicyclic) bond motifs is 1. The molecular formula is C22H18Br2ClFN2O3. The molecule has 1 saturated carbocycles. The molecule has 1 saturated heterocycles. The Morgan fingerprint density at radius 2 is 1.55 bits per heavy atom. The fourth-order valence-electron chi connectivity index (χ4n) is 4.08. The zero-order valence-corrected chi connectivity index (χ0v) is 20.1. The highest BCUT2D eigenvalue weighted by molar-refractivity contribution is 9.12. The highest BCUT2D eigenvalue weighted by atomic mass is 79.9. The highest BCUT2D eigenvalue weighted by Gasteiger charge is 2.54. The van der Waals surface area contributed by atoms with Gasteiger partial charge >= 0.3 is 0 Å². The molecule has 0 aromatic heterocycles. The molecule has 1 aliphatic heterocycles. The largest absolute Gasteiger partial charge is 0.273 e. The number of benzene rings is 2. The number of hydrogen-bond donors (Lipinski definition) is 0. The summed E-state index contributed by atoms with van der Waals surface area (Å²) in [4.78, 5) is 40.0. The molecule has 162 valence electrons. The first-order valence-corrected chi connectivity index (χ1v) is 12.0. The Balaban J connectivity index is 1.72. The van der Waals surface area contributed by atoms with Gasteiger partial charge in [-0.15, -0.1) is 0 Å². The molecule has 1 heterocycles. The van der Waals surface area contributed by atoms with Gasteiger partial charge in [0, 0.05) is 25.8 Å². The Bertz CT molecular complexity index is 1010. The number of carbonyl (C=O) groups excluding carboxylic acids is 3. The number of alkyl halides is 2. The Morgan fingerprint density at radius 1 is 1.00 bits per heavy atom. The Morgan fingerprint density at radius 3 is 2.10 bits per heavy atom. The molecule has 0 N–H and O–H groups in total. The van der Waals surface area contributed by atoms with E-state index in [1.165, 1.54) is 30.3 Å². The fourth-order valence-corrected chi connectivity index (χ4v) is 5.44. The van der Waals surface area contributed by atoms with Crippen molar-refractivity contribution in [3.63, 3.8) is 0 Å². The minimum Gasteiger partial charge on any atom is -0.272 e. The van der Waals surface area contributed by atoms with E-state index in [4.69, 9.17) is 11.6 Å². The van der Waals surface area contributed by atoms with Gasteiger partial charge < -0.3 is 0 Å². The van der Waals surface area contributed by atoms with Crippen molar-refractivity contribution in [2.75, 3.05) is 0 Å². The van der Waals surface area contributed by atoms with E-state index in [1.807, 2.05) is 0 Å². The lowest BCUT2D eigenvalue weighted by atomic mass is 9.81. The molecule has 5 nitrogen and oxygen atoms in total. The quantitative estimate of drug-likeness (QED) is 0.385. The molecular weight excluding hydrogens is 555 g/mol.